The molecule has 1 saturated heterocycles. The highest BCUT2D eigenvalue weighted by molar-refractivity contribution is 5.20. The lowest BCUT2D eigenvalue weighted by Gasteiger charge is -2.36. The molecule has 4 rings (SSSR count). The highest BCUT2D eigenvalue weighted by Gasteiger charge is 2.40. The Morgan fingerprint density at radius 2 is 1.70 bits per heavy atom. The topological polar surface area (TPSA) is 3.24 Å². The summed E-state index contributed by atoms with van der Waals surface area (Å²) in [6, 6.07) is 12.0. The van der Waals surface area contributed by atoms with Crippen LogP contribution in [0.3, 0.4) is 0 Å². The van der Waals surface area contributed by atoms with Gasteiger partial charge in [0.25, 0.3) is 0 Å². The average molecular weight is 268 g/mol. The molecule has 2 aliphatic carbocycles. The maximum atomic E-state index is 2.81. The molecule has 3 aliphatic rings. The maximum absolute atomic E-state index is 2.81. The molecule has 2 atom stereocenters. The van der Waals surface area contributed by atoms with Crippen molar-refractivity contribution in [1.82, 2.24) is 4.90 Å². The van der Waals surface area contributed by atoms with E-state index in [-0.39, 0.29) is 0 Å². The van der Waals surface area contributed by atoms with E-state index >= 15 is 0 Å². The molecule has 0 aromatic heterocycles. The van der Waals surface area contributed by atoms with Gasteiger partial charge in [-0.15, -0.1) is 0 Å². The van der Waals surface area contributed by atoms with Gasteiger partial charge < -0.3 is 4.90 Å². The molecule has 1 aromatic carbocycles. The van der Waals surface area contributed by atoms with Gasteiger partial charge in [-0.2, -0.15) is 0 Å². The first-order chi connectivity index (χ1) is 9.90. The number of hydrogen-bond acceptors (Lipinski definition) is 1. The van der Waals surface area contributed by atoms with E-state index in [4.69, 9.17) is 0 Å². The summed E-state index contributed by atoms with van der Waals surface area (Å²) in [5.41, 5.74) is 1.56. The van der Waals surface area contributed by atoms with E-state index in [9.17, 15) is 0 Å². The summed E-state index contributed by atoms with van der Waals surface area (Å²) in [7, 11) is 0. The molecule has 0 bridgehead atoms. The van der Waals surface area contributed by atoms with Gasteiger partial charge in [0.2, 0.25) is 0 Å². The Bertz CT molecular complexity index is 420. The van der Waals surface area contributed by atoms with E-state index in [0.717, 1.165) is 17.9 Å². The second kappa shape index (κ2) is 5.52. The van der Waals surface area contributed by atoms with E-state index in [1.165, 1.54) is 58.0 Å². The van der Waals surface area contributed by atoms with Gasteiger partial charge in [-0.3, -0.25) is 0 Å². The number of benzene rings is 1. The van der Waals surface area contributed by atoms with Crippen LogP contribution in [0.1, 0.15) is 56.4 Å². The van der Waals surface area contributed by atoms with E-state index in [1.54, 1.807) is 5.56 Å². The molecular formula is C19H26N. The first-order valence-electron chi connectivity index (χ1n) is 8.54. The number of rotatable bonds is 2. The zero-order valence-corrected chi connectivity index (χ0v) is 12.4. The molecule has 1 nitrogen and oxygen atoms in total. The number of likely N-dealkylation sites (tertiary alicyclic amines) is 1. The van der Waals surface area contributed by atoms with Crippen molar-refractivity contribution in [2.24, 2.45) is 5.92 Å². The Hall–Kier alpha value is -0.820. The molecule has 1 aliphatic heterocycles. The molecule has 0 amide bonds. The van der Waals surface area contributed by atoms with E-state index in [0.29, 0.717) is 0 Å². The third kappa shape index (κ3) is 2.41. The second-order valence-electron chi connectivity index (χ2n) is 7.06. The lowest BCUT2D eigenvalue weighted by molar-refractivity contribution is 0.150. The van der Waals surface area contributed by atoms with Crippen LogP contribution in [0.15, 0.2) is 30.3 Å². The van der Waals surface area contributed by atoms with Gasteiger partial charge in [0, 0.05) is 6.04 Å². The summed E-state index contributed by atoms with van der Waals surface area (Å²) in [6.07, 6.45) is 10.0. The standard InChI is InChI=1S/C19H26N/c1-2-5-15(6-3-1)16-9-11-20(12-10-16)19-13-17-7-4-8-18(17)14-19/h1-3,5-6,16-17,19H,4,7-14H2/t17-,19+/m1/s1. The Labute approximate surface area is 123 Å². The van der Waals surface area contributed by atoms with Crippen molar-refractivity contribution in [1.29, 1.82) is 0 Å². The van der Waals surface area contributed by atoms with Gasteiger partial charge in [0.15, 0.2) is 0 Å². The zero-order chi connectivity index (χ0) is 13.4. The fraction of sp³-hybridized carbons (Fsp3) is 0.632. The van der Waals surface area contributed by atoms with Gasteiger partial charge in [-0.05, 0) is 74.9 Å². The summed E-state index contributed by atoms with van der Waals surface area (Å²) in [6.45, 7) is 2.65. The summed E-state index contributed by atoms with van der Waals surface area (Å²) >= 11 is 0. The van der Waals surface area contributed by atoms with Crippen LogP contribution < -0.4 is 0 Å². The second-order valence-corrected chi connectivity index (χ2v) is 7.06. The third-order valence-electron chi connectivity index (χ3n) is 6.00. The summed E-state index contributed by atoms with van der Waals surface area (Å²) in [5.74, 6) is 3.73. The SMILES string of the molecule is c1ccc(C2CCN([C@@H]3C[C]4CCC[C@@H]4C3)CC2)cc1. The van der Waals surface area contributed by atoms with Gasteiger partial charge in [0.05, 0.1) is 0 Å². The molecule has 1 heterocycles. The van der Waals surface area contributed by atoms with Crippen LogP contribution in [0.5, 0.6) is 0 Å². The van der Waals surface area contributed by atoms with Crippen LogP contribution in [0.4, 0.5) is 0 Å². The lowest BCUT2D eigenvalue weighted by Crippen LogP contribution is -2.40. The minimum absolute atomic E-state index is 0.806. The van der Waals surface area contributed by atoms with Crippen LogP contribution in [-0.2, 0) is 0 Å². The highest BCUT2D eigenvalue weighted by Crippen LogP contribution is 2.47. The largest absolute Gasteiger partial charge is 0.300 e. The molecular weight excluding hydrogens is 242 g/mol. The smallest absolute Gasteiger partial charge is 0.0104 e. The van der Waals surface area contributed by atoms with Gasteiger partial charge in [-0.25, -0.2) is 0 Å². The Kier molecular flexibility index (Phi) is 3.56. The number of hydrogen-bond donors (Lipinski definition) is 0. The first-order valence-corrected chi connectivity index (χ1v) is 8.54. The van der Waals surface area contributed by atoms with E-state index < -0.39 is 0 Å². The minimum atomic E-state index is 0.806. The molecule has 107 valence electrons. The predicted octanol–water partition coefficient (Wildman–Crippen LogP) is 4.40. The average Bonchev–Trinajstić information content (AvgIpc) is 3.10. The molecule has 0 N–H and O–H groups in total. The number of fused-ring (bicyclic) bond motifs is 1. The van der Waals surface area contributed by atoms with Crippen LogP contribution >= 0.6 is 0 Å². The van der Waals surface area contributed by atoms with Gasteiger partial charge in [0.1, 0.15) is 0 Å². The lowest BCUT2D eigenvalue weighted by atomic mass is 9.88. The van der Waals surface area contributed by atoms with Crippen molar-refractivity contribution in [2.75, 3.05) is 13.1 Å². The van der Waals surface area contributed by atoms with Crippen LogP contribution in [-0.4, -0.2) is 24.0 Å². The predicted molar refractivity (Wildman–Crippen MR) is 83.6 cm³/mol. The van der Waals surface area contributed by atoms with E-state index in [1.807, 2.05) is 5.92 Å². The summed E-state index contributed by atoms with van der Waals surface area (Å²) < 4.78 is 0. The van der Waals surface area contributed by atoms with Crippen molar-refractivity contribution < 1.29 is 0 Å². The third-order valence-corrected chi connectivity index (χ3v) is 6.00. The fourth-order valence-corrected chi connectivity index (χ4v) is 4.85. The zero-order valence-electron chi connectivity index (χ0n) is 12.4. The monoisotopic (exact) mass is 268 g/mol. The minimum Gasteiger partial charge on any atom is -0.300 e. The van der Waals surface area contributed by atoms with Crippen LogP contribution in [0.2, 0.25) is 0 Å². The Balaban J connectivity index is 1.34. The summed E-state index contributed by atoms with van der Waals surface area (Å²) in [4.78, 5) is 2.81. The van der Waals surface area contributed by atoms with Crippen molar-refractivity contribution in [2.45, 2.75) is 56.9 Å². The van der Waals surface area contributed by atoms with Crippen LogP contribution in [0, 0.1) is 11.8 Å². The molecule has 1 heteroatoms. The molecule has 1 radical (unpaired) electrons. The quantitative estimate of drug-likeness (QED) is 0.768. The molecule has 3 fully saturated rings. The molecule has 1 aromatic rings. The number of piperidine rings is 1. The molecule has 20 heavy (non-hydrogen) atoms. The first kappa shape index (κ1) is 12.9. The number of nitrogens with zero attached hydrogens (tertiary/aromatic N) is 1. The van der Waals surface area contributed by atoms with Crippen molar-refractivity contribution in [3.63, 3.8) is 0 Å². The van der Waals surface area contributed by atoms with Gasteiger partial charge in [-0.1, -0.05) is 36.8 Å². The Morgan fingerprint density at radius 1 is 0.900 bits per heavy atom. The van der Waals surface area contributed by atoms with Crippen molar-refractivity contribution in [3.05, 3.63) is 41.8 Å². The summed E-state index contributed by atoms with van der Waals surface area (Å²) in [5, 5.41) is 0. The molecule has 2 saturated carbocycles. The van der Waals surface area contributed by atoms with Crippen LogP contribution in [0.25, 0.3) is 0 Å². The van der Waals surface area contributed by atoms with Crippen molar-refractivity contribution in [3.8, 4) is 0 Å². The normalized spacial score (nSPS) is 32.6. The molecule has 0 unspecified atom stereocenters. The van der Waals surface area contributed by atoms with E-state index in [2.05, 4.69) is 35.2 Å². The molecule has 0 spiro atoms. The Morgan fingerprint density at radius 3 is 2.45 bits per heavy atom. The highest BCUT2D eigenvalue weighted by atomic mass is 15.2. The van der Waals surface area contributed by atoms with Crippen molar-refractivity contribution >= 4 is 0 Å². The fourth-order valence-electron chi connectivity index (χ4n) is 4.85. The maximum Gasteiger partial charge on any atom is 0.0104 e. The van der Waals surface area contributed by atoms with Gasteiger partial charge >= 0.3 is 0 Å².